The molecule has 0 aliphatic rings. The molecule has 0 aliphatic carbocycles. The zero-order valence-electron chi connectivity index (χ0n) is 15.8. The molecule has 7 nitrogen and oxygen atoms in total. The molecule has 26 heavy (non-hydrogen) atoms. The van der Waals surface area contributed by atoms with Crippen LogP contribution in [0.1, 0.15) is 19.4 Å². The van der Waals surface area contributed by atoms with Crippen molar-refractivity contribution in [2.24, 2.45) is 0 Å². The van der Waals surface area contributed by atoms with Crippen LogP contribution in [0.3, 0.4) is 0 Å². The molecule has 1 heterocycles. The number of benzene rings is 2. The largest absolute Gasteiger partial charge is 0.493 e. The summed E-state index contributed by atoms with van der Waals surface area (Å²) in [5.74, 6) is 2.45. The first kappa shape index (κ1) is 19.2. The zero-order valence-corrected chi connectivity index (χ0v) is 15.8. The van der Waals surface area contributed by atoms with E-state index >= 15 is 0 Å². The highest BCUT2D eigenvalue weighted by atomic mass is 16.5. The Bertz CT molecular complexity index is 794. The van der Waals surface area contributed by atoms with Crippen molar-refractivity contribution < 1.29 is 14.2 Å². The summed E-state index contributed by atoms with van der Waals surface area (Å²) in [5, 5.41) is 12.0. The van der Waals surface area contributed by atoms with Crippen LogP contribution in [0.15, 0.2) is 42.5 Å². The van der Waals surface area contributed by atoms with E-state index in [0.717, 1.165) is 11.1 Å². The van der Waals surface area contributed by atoms with Gasteiger partial charge in [0.15, 0.2) is 17.3 Å². The molecule has 0 bridgehead atoms. The first-order chi connectivity index (χ1) is 12.8. The number of hydrogen-bond acceptors (Lipinski definition) is 6. The van der Waals surface area contributed by atoms with Crippen LogP contribution in [0.5, 0.6) is 17.2 Å². The lowest BCUT2D eigenvalue weighted by Crippen LogP contribution is -2.05. The van der Waals surface area contributed by atoms with Crippen molar-refractivity contribution in [3.05, 3.63) is 48.0 Å². The van der Waals surface area contributed by atoms with E-state index in [1.54, 1.807) is 26.0 Å². The average molecular weight is 356 g/mol. The molecule has 0 atom stereocenters. The van der Waals surface area contributed by atoms with Gasteiger partial charge in [-0.2, -0.15) is 0 Å². The normalized spacial score (nSPS) is 9.88. The molecule has 0 spiro atoms. The van der Waals surface area contributed by atoms with E-state index in [0.29, 0.717) is 29.6 Å². The van der Waals surface area contributed by atoms with Gasteiger partial charge in [0, 0.05) is 5.56 Å². The highest BCUT2D eigenvalue weighted by molar-refractivity contribution is 5.56. The van der Waals surface area contributed by atoms with Crippen LogP contribution in [0.25, 0.3) is 11.4 Å². The molecule has 0 saturated carbocycles. The molecule has 0 fully saturated rings. The van der Waals surface area contributed by atoms with Crippen molar-refractivity contribution in [1.82, 2.24) is 20.2 Å². The van der Waals surface area contributed by atoms with E-state index in [2.05, 4.69) is 15.5 Å². The number of methoxy groups -OCH3 is 3. The Balaban J connectivity index is 0.00000117. The average Bonchev–Trinajstić information content (AvgIpc) is 3.17. The van der Waals surface area contributed by atoms with Crippen molar-refractivity contribution in [3.63, 3.8) is 0 Å². The summed E-state index contributed by atoms with van der Waals surface area (Å²) in [6.45, 7) is 4.48. The molecule has 0 N–H and O–H groups in total. The van der Waals surface area contributed by atoms with Gasteiger partial charge in [-0.3, -0.25) is 0 Å². The Kier molecular flexibility index (Phi) is 6.96. The Morgan fingerprint density at radius 1 is 0.885 bits per heavy atom. The predicted octanol–water partition coefficient (Wildman–Crippen LogP) is 3.44. The van der Waals surface area contributed by atoms with Crippen molar-refractivity contribution in [3.8, 4) is 28.6 Å². The van der Waals surface area contributed by atoms with Crippen LogP contribution in [0, 0.1) is 0 Å². The molecule has 0 saturated heterocycles. The lowest BCUT2D eigenvalue weighted by Gasteiger charge is -2.14. The Morgan fingerprint density at radius 2 is 1.50 bits per heavy atom. The second-order valence-corrected chi connectivity index (χ2v) is 5.06. The van der Waals surface area contributed by atoms with Gasteiger partial charge in [0.05, 0.1) is 27.9 Å². The third-order valence-corrected chi connectivity index (χ3v) is 3.62. The quantitative estimate of drug-likeness (QED) is 0.674. The molecule has 0 radical (unpaired) electrons. The van der Waals surface area contributed by atoms with Gasteiger partial charge in [0.1, 0.15) is 0 Å². The highest BCUT2D eigenvalue weighted by Gasteiger charge is 2.15. The smallest absolute Gasteiger partial charge is 0.203 e. The minimum atomic E-state index is 0.480. The number of ether oxygens (including phenoxy) is 3. The number of rotatable bonds is 6. The molecule has 3 aromatic rings. The maximum atomic E-state index is 5.39. The van der Waals surface area contributed by atoms with E-state index in [1.807, 2.05) is 56.3 Å². The molecule has 0 amide bonds. The molecule has 0 aliphatic heterocycles. The molecule has 2 aromatic carbocycles. The van der Waals surface area contributed by atoms with E-state index in [1.165, 1.54) is 0 Å². The minimum Gasteiger partial charge on any atom is -0.493 e. The first-order valence-electron chi connectivity index (χ1n) is 8.37. The Hall–Kier alpha value is -3.09. The SMILES string of the molecule is CC.COc1cc(Cn2nnnc2-c2ccccc2)cc(OC)c1OC. The van der Waals surface area contributed by atoms with Crippen LogP contribution in [-0.2, 0) is 6.54 Å². The summed E-state index contributed by atoms with van der Waals surface area (Å²) in [4.78, 5) is 0. The van der Waals surface area contributed by atoms with Crippen LogP contribution in [-0.4, -0.2) is 41.5 Å². The van der Waals surface area contributed by atoms with Gasteiger partial charge in [0.2, 0.25) is 5.75 Å². The van der Waals surface area contributed by atoms with Gasteiger partial charge in [-0.05, 0) is 28.1 Å². The standard InChI is InChI=1S/C17H18N4O3.C2H6/c1-22-14-9-12(10-15(23-2)16(14)24-3)11-21-17(18-19-20-21)13-7-5-4-6-8-13;1-2/h4-10H,11H2,1-3H3;1-2H3. The summed E-state index contributed by atoms with van der Waals surface area (Å²) in [5.41, 5.74) is 1.89. The van der Waals surface area contributed by atoms with Crippen molar-refractivity contribution in [2.75, 3.05) is 21.3 Å². The molecule has 1 aromatic heterocycles. The predicted molar refractivity (Wildman–Crippen MR) is 99.8 cm³/mol. The number of aromatic nitrogens is 4. The van der Waals surface area contributed by atoms with Crippen LogP contribution < -0.4 is 14.2 Å². The van der Waals surface area contributed by atoms with Crippen LogP contribution in [0.2, 0.25) is 0 Å². The number of tetrazole rings is 1. The molecule has 7 heteroatoms. The van der Waals surface area contributed by atoms with Crippen molar-refractivity contribution in [2.45, 2.75) is 20.4 Å². The second kappa shape index (κ2) is 9.41. The maximum Gasteiger partial charge on any atom is 0.203 e. The van der Waals surface area contributed by atoms with Crippen molar-refractivity contribution in [1.29, 1.82) is 0 Å². The summed E-state index contributed by atoms with van der Waals surface area (Å²) in [6.07, 6.45) is 0. The lowest BCUT2D eigenvalue weighted by molar-refractivity contribution is 0.323. The van der Waals surface area contributed by atoms with Gasteiger partial charge in [-0.15, -0.1) is 5.10 Å². The lowest BCUT2D eigenvalue weighted by atomic mass is 10.1. The summed E-state index contributed by atoms with van der Waals surface area (Å²) in [6, 6.07) is 13.6. The van der Waals surface area contributed by atoms with Gasteiger partial charge < -0.3 is 14.2 Å². The van der Waals surface area contributed by atoms with Gasteiger partial charge in [-0.1, -0.05) is 44.2 Å². The minimum absolute atomic E-state index is 0.480. The highest BCUT2D eigenvalue weighted by Crippen LogP contribution is 2.38. The fourth-order valence-electron chi connectivity index (χ4n) is 2.50. The molecule has 3 rings (SSSR count). The van der Waals surface area contributed by atoms with Gasteiger partial charge >= 0.3 is 0 Å². The summed E-state index contributed by atoms with van der Waals surface area (Å²) in [7, 11) is 4.76. The molecule has 0 unspecified atom stereocenters. The molecular formula is C19H24N4O3. The fraction of sp³-hybridized carbons (Fsp3) is 0.316. The Morgan fingerprint density at radius 3 is 2.04 bits per heavy atom. The van der Waals surface area contributed by atoms with E-state index in [4.69, 9.17) is 14.2 Å². The monoisotopic (exact) mass is 356 g/mol. The zero-order chi connectivity index (χ0) is 18.9. The summed E-state index contributed by atoms with van der Waals surface area (Å²) < 4.78 is 17.9. The Labute approximate surface area is 153 Å². The maximum absolute atomic E-state index is 5.39. The van der Waals surface area contributed by atoms with Gasteiger partial charge in [0.25, 0.3) is 0 Å². The van der Waals surface area contributed by atoms with E-state index < -0.39 is 0 Å². The van der Waals surface area contributed by atoms with Gasteiger partial charge in [-0.25, -0.2) is 4.68 Å². The third-order valence-electron chi connectivity index (χ3n) is 3.62. The second-order valence-electron chi connectivity index (χ2n) is 5.06. The molecular weight excluding hydrogens is 332 g/mol. The number of hydrogen-bond donors (Lipinski definition) is 0. The van der Waals surface area contributed by atoms with Crippen LogP contribution >= 0.6 is 0 Å². The topological polar surface area (TPSA) is 71.3 Å². The first-order valence-corrected chi connectivity index (χ1v) is 8.37. The van der Waals surface area contributed by atoms with E-state index in [-0.39, 0.29) is 0 Å². The molecule has 138 valence electrons. The number of nitrogens with zero attached hydrogens (tertiary/aromatic N) is 4. The van der Waals surface area contributed by atoms with E-state index in [9.17, 15) is 0 Å². The third kappa shape index (κ3) is 4.11. The van der Waals surface area contributed by atoms with Crippen LogP contribution in [0.4, 0.5) is 0 Å². The fourth-order valence-corrected chi connectivity index (χ4v) is 2.50. The summed E-state index contributed by atoms with van der Waals surface area (Å²) >= 11 is 0. The van der Waals surface area contributed by atoms with Crippen molar-refractivity contribution >= 4 is 0 Å².